The first-order valence-electron chi connectivity index (χ1n) is 9.49. The molecular formula is C20H15CuN5O9S2. The summed E-state index contributed by atoms with van der Waals surface area (Å²) in [5, 5.41) is 35.3. The van der Waals surface area contributed by atoms with Crippen molar-refractivity contribution in [1.82, 2.24) is 0 Å². The third-order valence-corrected chi connectivity index (χ3v) is 6.12. The number of rotatable bonds is 7. The second kappa shape index (κ2) is 11.5. The summed E-state index contributed by atoms with van der Waals surface area (Å²) in [6.07, 6.45) is 0. The average Bonchev–Trinajstić information content (AvgIpc) is 2.80. The van der Waals surface area contributed by atoms with E-state index in [4.69, 9.17) is 10.3 Å². The predicted molar refractivity (Wildman–Crippen MR) is 122 cm³/mol. The number of nitrogens with zero attached hydrogens (tertiary/aromatic N) is 3. The second-order valence-corrected chi connectivity index (χ2v) is 9.76. The van der Waals surface area contributed by atoms with Crippen LogP contribution in [0.2, 0.25) is 0 Å². The van der Waals surface area contributed by atoms with Crippen LogP contribution in [0.5, 0.6) is 5.75 Å². The Morgan fingerprint density at radius 2 is 1.54 bits per heavy atom. The molecule has 17 heteroatoms. The maximum atomic E-state index is 12.3. The van der Waals surface area contributed by atoms with Gasteiger partial charge < -0.3 is 20.7 Å². The van der Waals surface area contributed by atoms with Gasteiger partial charge in [-0.25, -0.2) is 0 Å². The number of nitrogens with one attached hydrogen (secondary N) is 1. The van der Waals surface area contributed by atoms with Gasteiger partial charge in [-0.05, 0) is 30.3 Å². The SMILES string of the molecule is Nc1cc(S(=O)(=O)O)cc(NN=C(N=Nc2ccc(S(=O)(=O)O)cc2C(=O)[O-])c2ccccc2)c1[O-].[Cu+2]. The molecule has 3 aromatic carbocycles. The van der Waals surface area contributed by atoms with Gasteiger partial charge in [0, 0.05) is 16.8 Å². The van der Waals surface area contributed by atoms with Crippen molar-refractivity contribution in [3.05, 3.63) is 71.8 Å². The van der Waals surface area contributed by atoms with Crippen LogP contribution in [-0.2, 0) is 37.3 Å². The second-order valence-electron chi connectivity index (χ2n) is 6.92. The molecule has 0 atom stereocenters. The van der Waals surface area contributed by atoms with Gasteiger partial charge in [0.15, 0.2) is 0 Å². The van der Waals surface area contributed by atoms with E-state index < -0.39 is 58.7 Å². The number of carboxylic acids is 1. The summed E-state index contributed by atoms with van der Waals surface area (Å²) in [6, 6.07) is 12.0. The monoisotopic (exact) mass is 596 g/mol. The zero-order valence-electron chi connectivity index (χ0n) is 18.1. The molecule has 1 radical (unpaired) electrons. The molecule has 0 aliphatic heterocycles. The Labute approximate surface area is 220 Å². The summed E-state index contributed by atoms with van der Waals surface area (Å²) >= 11 is 0. The van der Waals surface area contributed by atoms with Crippen molar-refractivity contribution in [1.29, 1.82) is 0 Å². The van der Waals surface area contributed by atoms with Gasteiger partial charge in [0.05, 0.1) is 27.1 Å². The first-order chi connectivity index (χ1) is 16.8. The largest absolute Gasteiger partial charge is 2.00 e. The zero-order chi connectivity index (χ0) is 26.7. The minimum Gasteiger partial charge on any atom is -0.870 e. The molecule has 0 fully saturated rings. The molecule has 0 saturated heterocycles. The van der Waals surface area contributed by atoms with Crippen molar-refractivity contribution in [2.45, 2.75) is 9.79 Å². The Bertz CT molecular complexity index is 1610. The number of amidine groups is 1. The van der Waals surface area contributed by atoms with Crippen LogP contribution in [0.1, 0.15) is 15.9 Å². The molecule has 0 bridgehead atoms. The van der Waals surface area contributed by atoms with Crippen molar-refractivity contribution in [2.75, 3.05) is 11.2 Å². The van der Waals surface area contributed by atoms with Crippen LogP contribution in [0.4, 0.5) is 17.1 Å². The molecule has 3 rings (SSSR count). The Kier molecular flexibility index (Phi) is 9.10. The van der Waals surface area contributed by atoms with Crippen molar-refractivity contribution in [3.8, 4) is 5.75 Å². The van der Waals surface area contributed by atoms with Gasteiger partial charge in [-0.3, -0.25) is 14.5 Å². The standard InChI is InChI=1S/C20H17N5O9S2.Cu/c21-15-9-13(36(32,33)34)10-17(18(15)26)23-25-19(11-4-2-1-3-5-11)24-22-16-7-6-12(35(29,30)31)8-14(16)20(27)28;/h1-10,23,26H,21H2,(H,27,28)(H,29,30,31)(H,32,33,34);/q;+2/p-2. The van der Waals surface area contributed by atoms with Crippen molar-refractivity contribution >= 4 is 49.1 Å². The number of nitrogens with two attached hydrogens (primary N) is 1. The molecule has 0 aromatic heterocycles. The molecule has 0 aliphatic carbocycles. The Morgan fingerprint density at radius 1 is 0.919 bits per heavy atom. The van der Waals surface area contributed by atoms with E-state index in [0.29, 0.717) is 11.6 Å². The Hall–Kier alpha value is -3.86. The summed E-state index contributed by atoms with van der Waals surface area (Å²) in [4.78, 5) is 10.1. The van der Waals surface area contributed by atoms with E-state index in [-0.39, 0.29) is 28.6 Å². The molecule has 0 amide bonds. The molecule has 14 nitrogen and oxygen atoms in total. The number of carbonyl (C=O) groups excluding carboxylic acids is 1. The smallest absolute Gasteiger partial charge is 0.870 e. The van der Waals surface area contributed by atoms with Gasteiger partial charge in [-0.1, -0.05) is 36.1 Å². The Morgan fingerprint density at radius 3 is 2.11 bits per heavy atom. The number of carbonyl (C=O) groups is 1. The number of carboxylic acid groups (broad SMARTS) is 1. The van der Waals surface area contributed by atoms with E-state index in [1.165, 1.54) is 12.1 Å². The molecule has 37 heavy (non-hydrogen) atoms. The molecule has 0 spiro atoms. The summed E-state index contributed by atoms with van der Waals surface area (Å²) in [7, 11) is -9.41. The van der Waals surface area contributed by atoms with Gasteiger partial charge in [-0.2, -0.15) is 21.9 Å². The minimum atomic E-state index is -4.71. The summed E-state index contributed by atoms with van der Waals surface area (Å²) in [5.74, 6) is -2.87. The number of hydrazone groups is 1. The van der Waals surface area contributed by atoms with E-state index in [9.17, 15) is 36.4 Å². The number of benzene rings is 3. The van der Waals surface area contributed by atoms with Gasteiger partial charge in [0.1, 0.15) is 0 Å². The average molecular weight is 597 g/mol. The van der Waals surface area contributed by atoms with Crippen LogP contribution in [0, 0.1) is 0 Å². The number of anilines is 2. The molecule has 197 valence electrons. The number of hydrogen-bond acceptors (Lipinski definition) is 11. The fourth-order valence-electron chi connectivity index (χ4n) is 2.73. The van der Waals surface area contributed by atoms with E-state index in [1.807, 2.05) is 0 Å². The van der Waals surface area contributed by atoms with Gasteiger partial charge in [0.25, 0.3) is 20.2 Å². The van der Waals surface area contributed by atoms with Gasteiger partial charge >= 0.3 is 17.1 Å². The Balaban J connectivity index is 0.00000481. The van der Waals surface area contributed by atoms with Crippen molar-refractivity contribution < 1.29 is 58.0 Å². The predicted octanol–water partition coefficient (Wildman–Crippen LogP) is 0.754. The number of hydrogen-bond donors (Lipinski definition) is 4. The molecule has 0 heterocycles. The van der Waals surface area contributed by atoms with Crippen LogP contribution in [0.3, 0.4) is 0 Å². The third-order valence-electron chi connectivity index (χ3n) is 4.44. The fraction of sp³-hybridized carbons (Fsp3) is 0. The van der Waals surface area contributed by atoms with Crippen molar-refractivity contribution in [3.63, 3.8) is 0 Å². The maximum absolute atomic E-state index is 12.3. The summed E-state index contributed by atoms with van der Waals surface area (Å²) in [5.41, 5.74) is 6.13. The molecule has 5 N–H and O–H groups in total. The minimum absolute atomic E-state index is 0. The van der Waals surface area contributed by atoms with Crippen LogP contribution in [-0.4, -0.2) is 37.7 Å². The van der Waals surface area contributed by atoms with Crippen LogP contribution in [0.25, 0.3) is 0 Å². The number of aromatic carboxylic acids is 1. The van der Waals surface area contributed by atoms with E-state index in [1.54, 1.807) is 18.2 Å². The molecule has 3 aromatic rings. The normalized spacial score (nSPS) is 12.2. The van der Waals surface area contributed by atoms with Crippen LogP contribution < -0.4 is 21.4 Å². The zero-order valence-corrected chi connectivity index (χ0v) is 20.6. The topological polar surface area (TPSA) is 247 Å². The molecule has 0 saturated carbocycles. The molecule has 0 unspecified atom stereocenters. The van der Waals surface area contributed by atoms with E-state index in [0.717, 1.165) is 24.3 Å². The first kappa shape index (κ1) is 29.4. The molecular weight excluding hydrogens is 582 g/mol. The van der Waals surface area contributed by atoms with E-state index >= 15 is 0 Å². The quantitative estimate of drug-likeness (QED) is 0.0563. The molecule has 0 aliphatic rings. The summed E-state index contributed by atoms with van der Waals surface area (Å²) < 4.78 is 63.8. The third kappa shape index (κ3) is 7.32. The van der Waals surface area contributed by atoms with Crippen LogP contribution in [0.15, 0.2) is 85.8 Å². The van der Waals surface area contributed by atoms with Gasteiger partial charge in [0.2, 0.25) is 5.84 Å². The number of azo groups is 1. The van der Waals surface area contributed by atoms with Crippen molar-refractivity contribution in [2.24, 2.45) is 15.3 Å². The maximum Gasteiger partial charge on any atom is 2.00 e. The first-order valence-corrected chi connectivity index (χ1v) is 12.4. The van der Waals surface area contributed by atoms with E-state index in [2.05, 4.69) is 20.8 Å². The van der Waals surface area contributed by atoms with Crippen LogP contribution >= 0.6 is 0 Å². The number of nitrogen functional groups attached to an aromatic ring is 1. The van der Waals surface area contributed by atoms with Gasteiger partial charge in [-0.15, -0.1) is 10.2 Å². The fourth-order valence-corrected chi connectivity index (χ4v) is 3.78. The summed E-state index contributed by atoms with van der Waals surface area (Å²) in [6.45, 7) is 0.